The van der Waals surface area contributed by atoms with E-state index in [0.29, 0.717) is 13.2 Å². The van der Waals surface area contributed by atoms with Gasteiger partial charge in [-0.3, -0.25) is 0 Å². The highest BCUT2D eigenvalue weighted by Crippen LogP contribution is 2.34. The van der Waals surface area contributed by atoms with Crippen LogP contribution in [0.4, 0.5) is 0 Å². The predicted octanol–water partition coefficient (Wildman–Crippen LogP) is 5.63. The van der Waals surface area contributed by atoms with Gasteiger partial charge in [-0.25, -0.2) is 0 Å². The van der Waals surface area contributed by atoms with E-state index in [0.717, 1.165) is 5.33 Å². The standard InChI is InChI=1S/C20H47BrO6Si4/c1-28(2,3)23-15-16-17(25-29(4,5)6)18(26-30(7,8)9)19(27-31(10,11)12)20(24-16)22-14-13-21/h16-20H,13-15H2,1-12H3/t16?,17?,18?,19?,20-/m0/s1. The molecule has 0 N–H and O–H groups in total. The van der Waals surface area contributed by atoms with Crippen molar-refractivity contribution in [2.24, 2.45) is 0 Å². The lowest BCUT2D eigenvalue weighted by molar-refractivity contribution is -0.289. The minimum absolute atomic E-state index is 0.250. The summed E-state index contributed by atoms with van der Waals surface area (Å²) in [6, 6.07) is 0. The molecule has 186 valence electrons. The van der Waals surface area contributed by atoms with E-state index >= 15 is 0 Å². The van der Waals surface area contributed by atoms with E-state index in [1.165, 1.54) is 0 Å². The molecule has 0 aromatic rings. The highest BCUT2D eigenvalue weighted by molar-refractivity contribution is 9.09. The Kier molecular flexibility index (Phi) is 11.4. The van der Waals surface area contributed by atoms with Gasteiger partial charge in [0.05, 0.1) is 13.2 Å². The molecule has 11 heteroatoms. The van der Waals surface area contributed by atoms with Crippen LogP contribution in [0.1, 0.15) is 0 Å². The lowest BCUT2D eigenvalue weighted by Crippen LogP contribution is -2.66. The third-order valence-electron chi connectivity index (χ3n) is 4.10. The number of hydrogen-bond acceptors (Lipinski definition) is 6. The van der Waals surface area contributed by atoms with Crippen LogP contribution in [-0.2, 0) is 27.2 Å². The van der Waals surface area contributed by atoms with Gasteiger partial charge in [0.2, 0.25) is 0 Å². The van der Waals surface area contributed by atoms with Gasteiger partial charge < -0.3 is 27.2 Å². The Morgan fingerprint density at radius 3 is 1.52 bits per heavy atom. The Morgan fingerprint density at radius 1 is 0.645 bits per heavy atom. The molecule has 1 saturated heterocycles. The topological polar surface area (TPSA) is 55.4 Å². The first-order valence-corrected chi connectivity index (χ1v) is 26.1. The van der Waals surface area contributed by atoms with Gasteiger partial charge in [0, 0.05) is 5.33 Å². The first-order chi connectivity index (χ1) is 13.8. The van der Waals surface area contributed by atoms with Crippen LogP contribution in [0.5, 0.6) is 0 Å². The molecule has 0 radical (unpaired) electrons. The third-order valence-corrected chi connectivity index (χ3v) is 8.39. The number of ether oxygens (including phenoxy) is 2. The van der Waals surface area contributed by atoms with Crippen molar-refractivity contribution in [1.29, 1.82) is 0 Å². The average molecular weight is 576 g/mol. The van der Waals surface area contributed by atoms with Crippen molar-refractivity contribution >= 4 is 49.2 Å². The molecular formula is C20H47BrO6Si4. The molecule has 1 aliphatic heterocycles. The quantitative estimate of drug-likeness (QED) is 0.222. The SMILES string of the molecule is C[Si](C)(C)OCC1O[C@H](OCCBr)C(O[Si](C)(C)C)C(O[Si](C)(C)C)C1O[Si](C)(C)C. The molecule has 0 spiro atoms. The summed E-state index contributed by atoms with van der Waals surface area (Å²) in [5.41, 5.74) is 0. The van der Waals surface area contributed by atoms with E-state index in [4.69, 9.17) is 27.2 Å². The normalized spacial score (nSPS) is 28.7. The summed E-state index contributed by atoms with van der Waals surface area (Å²) >= 11 is 3.47. The fraction of sp³-hybridized carbons (Fsp3) is 1.00. The van der Waals surface area contributed by atoms with Crippen LogP contribution in [0.25, 0.3) is 0 Å². The maximum absolute atomic E-state index is 6.79. The summed E-state index contributed by atoms with van der Waals surface area (Å²) in [6.07, 6.45) is -1.61. The van der Waals surface area contributed by atoms with E-state index in [9.17, 15) is 0 Å². The summed E-state index contributed by atoms with van der Waals surface area (Å²) in [6.45, 7) is 27.4. The Hall–Kier alpha value is 1.11. The number of halogens is 1. The molecule has 31 heavy (non-hydrogen) atoms. The molecule has 1 rings (SSSR count). The van der Waals surface area contributed by atoms with Crippen molar-refractivity contribution in [3.05, 3.63) is 0 Å². The molecule has 0 amide bonds. The lowest BCUT2D eigenvalue weighted by atomic mass is 9.99. The molecule has 1 fully saturated rings. The van der Waals surface area contributed by atoms with Crippen molar-refractivity contribution < 1.29 is 27.2 Å². The summed E-state index contributed by atoms with van der Waals surface area (Å²) in [5.74, 6) is 0. The van der Waals surface area contributed by atoms with E-state index in [2.05, 4.69) is 94.5 Å². The molecule has 0 aliphatic carbocycles. The van der Waals surface area contributed by atoms with Gasteiger partial charge in [0.25, 0.3) is 0 Å². The molecule has 0 saturated carbocycles. The second kappa shape index (κ2) is 11.7. The van der Waals surface area contributed by atoms with Crippen LogP contribution in [-0.4, -0.2) is 82.5 Å². The van der Waals surface area contributed by atoms with Gasteiger partial charge in [-0.2, -0.15) is 0 Å². The van der Waals surface area contributed by atoms with Crippen LogP contribution < -0.4 is 0 Å². The third kappa shape index (κ3) is 12.4. The molecule has 5 atom stereocenters. The van der Waals surface area contributed by atoms with E-state index in [-0.39, 0.29) is 24.4 Å². The molecule has 0 bridgehead atoms. The summed E-state index contributed by atoms with van der Waals surface area (Å²) in [5, 5.41) is 0.733. The molecular weight excluding hydrogens is 528 g/mol. The van der Waals surface area contributed by atoms with E-state index in [1.54, 1.807) is 0 Å². The monoisotopic (exact) mass is 574 g/mol. The lowest BCUT2D eigenvalue weighted by Gasteiger charge is -2.50. The van der Waals surface area contributed by atoms with Gasteiger partial charge in [-0.15, -0.1) is 0 Å². The minimum atomic E-state index is -1.91. The number of hydrogen-bond donors (Lipinski definition) is 0. The molecule has 1 aliphatic rings. The second-order valence-corrected chi connectivity index (χ2v) is 30.8. The maximum Gasteiger partial charge on any atom is 0.185 e. The largest absolute Gasteiger partial charge is 0.415 e. The predicted molar refractivity (Wildman–Crippen MR) is 142 cm³/mol. The van der Waals surface area contributed by atoms with Gasteiger partial charge in [0.15, 0.2) is 39.6 Å². The highest BCUT2D eigenvalue weighted by Gasteiger charge is 2.52. The zero-order valence-electron chi connectivity index (χ0n) is 21.8. The number of rotatable bonds is 12. The minimum Gasteiger partial charge on any atom is -0.415 e. The van der Waals surface area contributed by atoms with Crippen molar-refractivity contribution in [3.8, 4) is 0 Å². The average Bonchev–Trinajstić information content (AvgIpc) is 2.51. The maximum atomic E-state index is 6.79. The van der Waals surface area contributed by atoms with E-state index in [1.807, 2.05) is 0 Å². The molecule has 0 aromatic carbocycles. The fourth-order valence-corrected chi connectivity index (χ4v) is 7.37. The first kappa shape index (κ1) is 30.1. The van der Waals surface area contributed by atoms with Crippen molar-refractivity contribution in [3.63, 3.8) is 0 Å². The molecule has 4 unspecified atom stereocenters. The van der Waals surface area contributed by atoms with Crippen molar-refractivity contribution in [2.45, 2.75) is 109 Å². The smallest absolute Gasteiger partial charge is 0.185 e. The molecule has 1 heterocycles. The zero-order chi connectivity index (χ0) is 24.3. The van der Waals surface area contributed by atoms with Gasteiger partial charge in [-0.05, 0) is 78.6 Å². The van der Waals surface area contributed by atoms with Crippen LogP contribution in [0, 0.1) is 0 Å². The molecule has 0 aromatic heterocycles. The molecule has 6 nitrogen and oxygen atoms in total. The van der Waals surface area contributed by atoms with Gasteiger partial charge in [-0.1, -0.05) is 15.9 Å². The van der Waals surface area contributed by atoms with Crippen LogP contribution in [0.2, 0.25) is 78.6 Å². The summed E-state index contributed by atoms with van der Waals surface area (Å²) < 4.78 is 39.1. The Bertz CT molecular complexity index is 542. The van der Waals surface area contributed by atoms with Crippen molar-refractivity contribution in [2.75, 3.05) is 18.5 Å². The van der Waals surface area contributed by atoms with Crippen LogP contribution in [0.3, 0.4) is 0 Å². The van der Waals surface area contributed by atoms with Gasteiger partial charge >= 0.3 is 0 Å². The summed E-state index contributed by atoms with van der Waals surface area (Å²) in [7, 11) is -7.44. The second-order valence-electron chi connectivity index (χ2n) is 12.1. The Labute approximate surface area is 203 Å². The Morgan fingerprint density at radius 2 is 1.10 bits per heavy atom. The van der Waals surface area contributed by atoms with E-state index < -0.39 is 39.6 Å². The van der Waals surface area contributed by atoms with Crippen LogP contribution >= 0.6 is 15.9 Å². The van der Waals surface area contributed by atoms with Crippen LogP contribution in [0.15, 0.2) is 0 Å². The zero-order valence-corrected chi connectivity index (χ0v) is 27.4. The Balaban J connectivity index is 3.40. The van der Waals surface area contributed by atoms with Crippen molar-refractivity contribution in [1.82, 2.24) is 0 Å². The number of alkyl halides is 1. The first-order valence-electron chi connectivity index (χ1n) is 11.3. The van der Waals surface area contributed by atoms with Gasteiger partial charge in [0.1, 0.15) is 24.4 Å². The fourth-order valence-electron chi connectivity index (χ4n) is 3.27. The summed E-state index contributed by atoms with van der Waals surface area (Å²) in [4.78, 5) is 0. The highest BCUT2D eigenvalue weighted by atomic mass is 79.9.